The fourth-order valence-corrected chi connectivity index (χ4v) is 3.50. The average molecular weight is 357 g/mol. The zero-order chi connectivity index (χ0) is 17.6. The van der Waals surface area contributed by atoms with E-state index in [0.717, 1.165) is 69.6 Å². The van der Waals surface area contributed by atoms with Gasteiger partial charge in [0.05, 0.1) is 6.26 Å². The first-order valence-corrected chi connectivity index (χ1v) is 9.48. The van der Waals surface area contributed by atoms with E-state index in [1.165, 1.54) is 0 Å². The summed E-state index contributed by atoms with van der Waals surface area (Å²) in [6, 6.07) is 11.8. The second-order valence-corrected chi connectivity index (χ2v) is 6.84. The fourth-order valence-electron chi connectivity index (χ4n) is 3.50. The number of anilines is 1. The summed E-state index contributed by atoms with van der Waals surface area (Å²) in [6.07, 6.45) is 2.97. The van der Waals surface area contributed by atoms with Gasteiger partial charge in [-0.25, -0.2) is 0 Å². The number of hydrogen-bond acceptors (Lipinski definition) is 6. The number of ether oxygens (including phenoxy) is 2. The molecule has 140 valence electrons. The lowest BCUT2D eigenvalue weighted by Crippen LogP contribution is -2.47. The number of furan rings is 1. The topological polar surface area (TPSA) is 50.1 Å². The van der Waals surface area contributed by atoms with Gasteiger partial charge in [-0.1, -0.05) is 12.1 Å². The Morgan fingerprint density at radius 1 is 1.00 bits per heavy atom. The number of nitrogens with one attached hydrogen (secondary N) is 1. The quantitative estimate of drug-likeness (QED) is 0.767. The van der Waals surface area contributed by atoms with Crippen molar-refractivity contribution in [2.24, 2.45) is 0 Å². The molecular weight excluding hydrogens is 330 g/mol. The Hall–Kier alpha value is -2.18. The Kier molecular flexibility index (Phi) is 5.62. The maximum atomic E-state index is 5.96. The third-order valence-corrected chi connectivity index (χ3v) is 4.96. The van der Waals surface area contributed by atoms with E-state index in [1.54, 1.807) is 6.26 Å². The second-order valence-electron chi connectivity index (χ2n) is 6.84. The van der Waals surface area contributed by atoms with Gasteiger partial charge < -0.3 is 24.1 Å². The van der Waals surface area contributed by atoms with E-state index in [-0.39, 0.29) is 6.10 Å². The maximum absolute atomic E-state index is 5.96. The lowest BCUT2D eigenvalue weighted by molar-refractivity contribution is 0.0903. The lowest BCUT2D eigenvalue weighted by atomic mass is 10.2. The van der Waals surface area contributed by atoms with E-state index in [9.17, 15) is 0 Å². The summed E-state index contributed by atoms with van der Waals surface area (Å²) in [5.74, 6) is 2.68. The maximum Gasteiger partial charge on any atom is 0.195 e. The van der Waals surface area contributed by atoms with Gasteiger partial charge in [0.25, 0.3) is 0 Å². The summed E-state index contributed by atoms with van der Waals surface area (Å²) in [5, 5.41) is 3.50. The molecule has 0 aliphatic carbocycles. The molecule has 0 saturated carbocycles. The van der Waals surface area contributed by atoms with Crippen LogP contribution in [0.15, 0.2) is 47.1 Å². The molecule has 4 rings (SSSR count). The Bertz CT molecular complexity index is 669. The molecule has 1 unspecified atom stereocenters. The predicted molar refractivity (Wildman–Crippen MR) is 101 cm³/mol. The first-order valence-electron chi connectivity index (χ1n) is 9.48. The van der Waals surface area contributed by atoms with Gasteiger partial charge in [-0.3, -0.25) is 4.90 Å². The standard InChI is InChI=1S/C20H27N3O3/c1-2-6-19-18(5-1)25-16-17(26-19)15-21-8-4-9-22-10-12-23(13-11-22)20-7-3-14-24-20/h1-3,5-7,14,17,21H,4,8-13,15-16H2. The highest BCUT2D eigenvalue weighted by Crippen LogP contribution is 2.30. The van der Waals surface area contributed by atoms with Gasteiger partial charge in [-0.2, -0.15) is 0 Å². The molecule has 1 aromatic heterocycles. The lowest BCUT2D eigenvalue weighted by Gasteiger charge is -2.34. The number of benzene rings is 1. The highest BCUT2D eigenvalue weighted by molar-refractivity contribution is 5.40. The van der Waals surface area contributed by atoms with E-state index < -0.39 is 0 Å². The van der Waals surface area contributed by atoms with E-state index in [2.05, 4.69) is 15.1 Å². The van der Waals surface area contributed by atoms with Crippen LogP contribution in [0.5, 0.6) is 11.5 Å². The van der Waals surface area contributed by atoms with Crippen LogP contribution < -0.4 is 19.7 Å². The Morgan fingerprint density at radius 2 is 1.85 bits per heavy atom. The van der Waals surface area contributed by atoms with Crippen LogP contribution in [0.1, 0.15) is 6.42 Å². The van der Waals surface area contributed by atoms with Gasteiger partial charge in [0.2, 0.25) is 0 Å². The van der Waals surface area contributed by atoms with Crippen LogP contribution in [0.4, 0.5) is 5.88 Å². The Balaban J connectivity index is 1.09. The highest BCUT2D eigenvalue weighted by Gasteiger charge is 2.20. The molecule has 1 atom stereocenters. The van der Waals surface area contributed by atoms with E-state index in [0.29, 0.717) is 6.61 Å². The predicted octanol–water partition coefficient (Wildman–Crippen LogP) is 2.22. The molecule has 6 nitrogen and oxygen atoms in total. The summed E-state index contributed by atoms with van der Waals surface area (Å²) in [6.45, 7) is 7.82. The molecule has 2 aromatic rings. The molecular formula is C20H27N3O3. The molecule has 2 aliphatic heterocycles. The van der Waals surface area contributed by atoms with Gasteiger partial charge in [-0.05, 0) is 37.7 Å². The van der Waals surface area contributed by atoms with Gasteiger partial charge in [-0.15, -0.1) is 0 Å². The van der Waals surface area contributed by atoms with Crippen LogP contribution >= 0.6 is 0 Å². The van der Waals surface area contributed by atoms with Crippen LogP contribution in [0.2, 0.25) is 0 Å². The van der Waals surface area contributed by atoms with E-state index in [4.69, 9.17) is 13.9 Å². The number of piperazine rings is 1. The number of fused-ring (bicyclic) bond motifs is 1. The molecule has 0 bridgehead atoms. The molecule has 6 heteroatoms. The van der Waals surface area contributed by atoms with Crippen molar-refractivity contribution in [2.75, 3.05) is 57.3 Å². The van der Waals surface area contributed by atoms with Crippen LogP contribution in [0, 0.1) is 0 Å². The fraction of sp³-hybridized carbons (Fsp3) is 0.500. The van der Waals surface area contributed by atoms with Gasteiger partial charge in [0.15, 0.2) is 17.4 Å². The molecule has 1 N–H and O–H groups in total. The van der Waals surface area contributed by atoms with Crippen molar-refractivity contribution >= 4 is 5.88 Å². The SMILES string of the molecule is c1coc(N2CCN(CCCNCC3COc4ccccc4O3)CC2)c1. The van der Waals surface area contributed by atoms with Crippen LogP contribution in [-0.2, 0) is 0 Å². The second kappa shape index (κ2) is 8.47. The van der Waals surface area contributed by atoms with Gasteiger partial charge >= 0.3 is 0 Å². The Morgan fingerprint density at radius 3 is 2.65 bits per heavy atom. The van der Waals surface area contributed by atoms with Crippen molar-refractivity contribution in [3.05, 3.63) is 42.7 Å². The van der Waals surface area contributed by atoms with Crippen LogP contribution in [0.3, 0.4) is 0 Å². The van der Waals surface area contributed by atoms with Crippen molar-refractivity contribution in [1.29, 1.82) is 0 Å². The number of para-hydroxylation sites is 2. The van der Waals surface area contributed by atoms with Crippen molar-refractivity contribution in [3.8, 4) is 11.5 Å². The molecule has 3 heterocycles. The normalized spacial score (nSPS) is 20.3. The average Bonchev–Trinajstić information content (AvgIpc) is 3.23. The molecule has 1 aromatic carbocycles. The van der Waals surface area contributed by atoms with Crippen molar-refractivity contribution in [2.45, 2.75) is 12.5 Å². The molecule has 0 spiro atoms. The first kappa shape index (κ1) is 17.2. The van der Waals surface area contributed by atoms with Crippen LogP contribution in [-0.4, -0.2) is 63.4 Å². The first-order chi connectivity index (χ1) is 12.9. The minimum Gasteiger partial charge on any atom is -0.486 e. The number of nitrogens with zero attached hydrogens (tertiary/aromatic N) is 2. The molecule has 0 radical (unpaired) electrons. The third kappa shape index (κ3) is 4.31. The van der Waals surface area contributed by atoms with Crippen molar-refractivity contribution < 1.29 is 13.9 Å². The molecule has 1 fully saturated rings. The third-order valence-electron chi connectivity index (χ3n) is 4.96. The van der Waals surface area contributed by atoms with Gasteiger partial charge in [0.1, 0.15) is 12.7 Å². The highest BCUT2D eigenvalue weighted by atomic mass is 16.6. The minimum absolute atomic E-state index is 0.0849. The molecule has 26 heavy (non-hydrogen) atoms. The summed E-state index contributed by atoms with van der Waals surface area (Å²) in [5.41, 5.74) is 0. The minimum atomic E-state index is 0.0849. The zero-order valence-electron chi connectivity index (χ0n) is 15.1. The monoisotopic (exact) mass is 357 g/mol. The number of hydrogen-bond donors (Lipinski definition) is 1. The van der Waals surface area contributed by atoms with Crippen LogP contribution in [0.25, 0.3) is 0 Å². The molecule has 2 aliphatic rings. The summed E-state index contributed by atoms with van der Waals surface area (Å²) in [7, 11) is 0. The van der Waals surface area contributed by atoms with E-state index in [1.807, 2.05) is 36.4 Å². The number of rotatable bonds is 7. The summed E-state index contributed by atoms with van der Waals surface area (Å²) in [4.78, 5) is 4.84. The van der Waals surface area contributed by atoms with Crippen molar-refractivity contribution in [3.63, 3.8) is 0 Å². The molecule has 0 amide bonds. The van der Waals surface area contributed by atoms with Gasteiger partial charge in [0, 0.05) is 38.8 Å². The van der Waals surface area contributed by atoms with Crippen molar-refractivity contribution in [1.82, 2.24) is 10.2 Å². The zero-order valence-corrected chi connectivity index (χ0v) is 15.1. The molecule has 1 saturated heterocycles. The largest absolute Gasteiger partial charge is 0.486 e. The smallest absolute Gasteiger partial charge is 0.195 e. The summed E-state index contributed by atoms with van der Waals surface area (Å²) < 4.78 is 17.2. The Labute approximate surface area is 154 Å². The van der Waals surface area contributed by atoms with E-state index >= 15 is 0 Å². The summed E-state index contributed by atoms with van der Waals surface area (Å²) >= 11 is 0.